The Hall–Kier alpha value is -3.27. The van der Waals surface area contributed by atoms with Gasteiger partial charge in [0.1, 0.15) is 19.3 Å². The third-order valence-electron chi connectivity index (χ3n) is 4.54. The van der Waals surface area contributed by atoms with Crippen LogP contribution in [-0.2, 0) is 19.6 Å². The lowest BCUT2D eigenvalue weighted by Gasteiger charge is -2.21. The summed E-state index contributed by atoms with van der Waals surface area (Å²) in [6.45, 7) is 5.79. The van der Waals surface area contributed by atoms with Crippen molar-refractivity contribution in [2.45, 2.75) is 31.7 Å². The standard InChI is InChI=1S/C21H25N3O6S/c1-13(2)20(22-14(3)25)21(26)23-15-4-6-16(7-5-15)24-31(27,28)17-8-9-18-19(12-17)30-11-10-29-18/h4-9,12-13,20,24H,10-11H2,1-3H3,(H,22,25)(H,23,26). The van der Waals surface area contributed by atoms with E-state index in [1.807, 2.05) is 13.8 Å². The van der Waals surface area contributed by atoms with E-state index in [-0.39, 0.29) is 22.6 Å². The largest absolute Gasteiger partial charge is 0.486 e. The molecule has 0 radical (unpaired) electrons. The molecule has 0 fully saturated rings. The smallest absolute Gasteiger partial charge is 0.262 e. The molecule has 1 unspecified atom stereocenters. The van der Waals surface area contributed by atoms with Gasteiger partial charge in [0, 0.05) is 24.4 Å². The van der Waals surface area contributed by atoms with Crippen molar-refractivity contribution >= 4 is 33.2 Å². The van der Waals surface area contributed by atoms with Gasteiger partial charge in [-0.1, -0.05) is 13.8 Å². The van der Waals surface area contributed by atoms with Crippen molar-refractivity contribution in [2.24, 2.45) is 5.92 Å². The number of hydrogen-bond donors (Lipinski definition) is 3. The molecule has 2 aromatic carbocycles. The van der Waals surface area contributed by atoms with Crippen LogP contribution in [0.1, 0.15) is 20.8 Å². The van der Waals surface area contributed by atoms with E-state index >= 15 is 0 Å². The fraction of sp³-hybridized carbons (Fsp3) is 0.333. The van der Waals surface area contributed by atoms with Gasteiger partial charge in [-0.2, -0.15) is 0 Å². The molecule has 10 heteroatoms. The Morgan fingerprint density at radius 3 is 2.16 bits per heavy atom. The molecule has 0 saturated heterocycles. The number of anilines is 2. The van der Waals surface area contributed by atoms with Gasteiger partial charge < -0.3 is 20.1 Å². The molecule has 3 N–H and O–H groups in total. The molecule has 0 bridgehead atoms. The summed E-state index contributed by atoms with van der Waals surface area (Å²) in [4.78, 5) is 23.8. The van der Waals surface area contributed by atoms with E-state index in [0.29, 0.717) is 36.1 Å². The predicted molar refractivity (Wildman–Crippen MR) is 116 cm³/mol. The molecule has 3 rings (SSSR count). The number of ether oxygens (including phenoxy) is 2. The van der Waals surface area contributed by atoms with Crippen LogP contribution in [0.15, 0.2) is 47.4 Å². The number of carbonyl (C=O) groups excluding carboxylic acids is 2. The molecule has 0 aliphatic carbocycles. The van der Waals surface area contributed by atoms with E-state index in [1.54, 1.807) is 18.2 Å². The first-order chi connectivity index (χ1) is 14.7. The van der Waals surface area contributed by atoms with Crippen molar-refractivity contribution < 1.29 is 27.5 Å². The molecule has 2 aromatic rings. The monoisotopic (exact) mass is 447 g/mol. The molecule has 1 atom stereocenters. The normalized spacial score (nSPS) is 13.9. The van der Waals surface area contributed by atoms with E-state index in [0.717, 1.165) is 0 Å². The first kappa shape index (κ1) is 22.4. The van der Waals surface area contributed by atoms with E-state index in [2.05, 4.69) is 15.4 Å². The first-order valence-electron chi connectivity index (χ1n) is 9.76. The van der Waals surface area contributed by atoms with Crippen LogP contribution >= 0.6 is 0 Å². The SMILES string of the molecule is CC(=O)NC(C(=O)Nc1ccc(NS(=O)(=O)c2ccc3c(c2)OCCO3)cc1)C(C)C. The molecule has 0 aromatic heterocycles. The molecule has 31 heavy (non-hydrogen) atoms. The topological polar surface area (TPSA) is 123 Å². The molecule has 9 nitrogen and oxygen atoms in total. The first-order valence-corrected chi connectivity index (χ1v) is 11.2. The number of rotatable bonds is 7. The lowest BCUT2D eigenvalue weighted by molar-refractivity contribution is -0.126. The van der Waals surface area contributed by atoms with Crippen LogP contribution in [0, 0.1) is 5.92 Å². The minimum absolute atomic E-state index is 0.0456. The Labute approximate surface area is 181 Å². The number of sulfonamides is 1. The van der Waals surface area contributed by atoms with Crippen LogP contribution < -0.4 is 24.8 Å². The van der Waals surface area contributed by atoms with Crippen LogP contribution in [0.2, 0.25) is 0 Å². The van der Waals surface area contributed by atoms with Gasteiger partial charge in [0.25, 0.3) is 10.0 Å². The highest BCUT2D eigenvalue weighted by Gasteiger charge is 2.23. The van der Waals surface area contributed by atoms with E-state index < -0.39 is 16.1 Å². The number of hydrogen-bond acceptors (Lipinski definition) is 6. The summed E-state index contributed by atoms with van der Waals surface area (Å²) in [6, 6.07) is 9.96. The third kappa shape index (κ3) is 5.66. The van der Waals surface area contributed by atoms with Crippen molar-refractivity contribution in [3.05, 3.63) is 42.5 Å². The van der Waals surface area contributed by atoms with Crippen LogP contribution in [0.5, 0.6) is 11.5 Å². The zero-order valence-electron chi connectivity index (χ0n) is 17.5. The highest BCUT2D eigenvalue weighted by Crippen LogP contribution is 2.32. The Bertz CT molecular complexity index is 1070. The summed E-state index contributed by atoms with van der Waals surface area (Å²) in [5, 5.41) is 5.34. The van der Waals surface area contributed by atoms with Crippen LogP contribution in [-0.4, -0.2) is 39.5 Å². The summed E-state index contributed by atoms with van der Waals surface area (Å²) >= 11 is 0. The Kier molecular flexibility index (Phi) is 6.69. The van der Waals surface area contributed by atoms with Gasteiger partial charge >= 0.3 is 0 Å². The van der Waals surface area contributed by atoms with Gasteiger partial charge in [-0.05, 0) is 42.3 Å². The van der Waals surface area contributed by atoms with Crippen LogP contribution in [0.3, 0.4) is 0 Å². The Morgan fingerprint density at radius 2 is 1.55 bits per heavy atom. The van der Waals surface area contributed by atoms with E-state index in [9.17, 15) is 18.0 Å². The van der Waals surface area contributed by atoms with Gasteiger partial charge in [-0.15, -0.1) is 0 Å². The van der Waals surface area contributed by atoms with Gasteiger partial charge in [0.15, 0.2) is 11.5 Å². The summed E-state index contributed by atoms with van der Waals surface area (Å²) in [5.41, 5.74) is 0.804. The number of amides is 2. The number of benzene rings is 2. The minimum atomic E-state index is -3.84. The zero-order chi connectivity index (χ0) is 22.6. The highest BCUT2D eigenvalue weighted by atomic mass is 32.2. The average Bonchev–Trinajstić information content (AvgIpc) is 2.72. The lowest BCUT2D eigenvalue weighted by Crippen LogP contribution is -2.46. The molecular formula is C21H25N3O6S. The average molecular weight is 448 g/mol. The van der Waals surface area contributed by atoms with Gasteiger partial charge in [-0.25, -0.2) is 8.42 Å². The fourth-order valence-electron chi connectivity index (χ4n) is 3.00. The zero-order valence-corrected chi connectivity index (χ0v) is 18.3. The number of fused-ring (bicyclic) bond motifs is 1. The fourth-order valence-corrected chi connectivity index (χ4v) is 4.07. The second-order valence-corrected chi connectivity index (χ2v) is 9.08. The second kappa shape index (κ2) is 9.25. The summed E-state index contributed by atoms with van der Waals surface area (Å²) in [5.74, 6) is 0.142. The molecule has 0 spiro atoms. The highest BCUT2D eigenvalue weighted by molar-refractivity contribution is 7.92. The van der Waals surface area contributed by atoms with E-state index in [4.69, 9.17) is 9.47 Å². The van der Waals surface area contributed by atoms with Crippen molar-refractivity contribution in [3.8, 4) is 11.5 Å². The second-order valence-electron chi connectivity index (χ2n) is 7.40. The number of carbonyl (C=O) groups is 2. The van der Waals surface area contributed by atoms with Crippen LogP contribution in [0.25, 0.3) is 0 Å². The summed E-state index contributed by atoms with van der Waals surface area (Å²) in [6.07, 6.45) is 0. The maximum atomic E-state index is 12.7. The molecule has 1 aliphatic heterocycles. The maximum Gasteiger partial charge on any atom is 0.262 e. The Balaban J connectivity index is 1.68. The van der Waals surface area contributed by atoms with Gasteiger partial charge in [0.2, 0.25) is 11.8 Å². The van der Waals surface area contributed by atoms with Crippen LogP contribution in [0.4, 0.5) is 11.4 Å². The molecule has 1 heterocycles. The molecule has 1 aliphatic rings. The molecular weight excluding hydrogens is 422 g/mol. The predicted octanol–water partition coefficient (Wildman–Crippen LogP) is 2.36. The minimum Gasteiger partial charge on any atom is -0.486 e. The third-order valence-corrected chi connectivity index (χ3v) is 5.92. The Morgan fingerprint density at radius 1 is 0.935 bits per heavy atom. The maximum absolute atomic E-state index is 12.7. The van der Waals surface area contributed by atoms with Crippen molar-refractivity contribution in [3.63, 3.8) is 0 Å². The molecule has 0 saturated carbocycles. The van der Waals surface area contributed by atoms with Gasteiger partial charge in [-0.3, -0.25) is 14.3 Å². The van der Waals surface area contributed by atoms with Crippen molar-refractivity contribution in [2.75, 3.05) is 23.3 Å². The quantitative estimate of drug-likeness (QED) is 0.599. The van der Waals surface area contributed by atoms with Crippen molar-refractivity contribution in [1.82, 2.24) is 5.32 Å². The molecule has 166 valence electrons. The summed E-state index contributed by atoms with van der Waals surface area (Å²) in [7, 11) is -3.84. The number of nitrogens with one attached hydrogen (secondary N) is 3. The molecule has 2 amide bonds. The van der Waals surface area contributed by atoms with Crippen molar-refractivity contribution in [1.29, 1.82) is 0 Å². The summed E-state index contributed by atoms with van der Waals surface area (Å²) < 4.78 is 38.7. The van der Waals surface area contributed by atoms with E-state index in [1.165, 1.54) is 31.2 Å². The van der Waals surface area contributed by atoms with Gasteiger partial charge in [0.05, 0.1) is 4.90 Å². The lowest BCUT2D eigenvalue weighted by atomic mass is 10.0.